The van der Waals surface area contributed by atoms with Crippen LogP contribution in [0.3, 0.4) is 0 Å². The van der Waals surface area contributed by atoms with Gasteiger partial charge in [-0.25, -0.2) is 0 Å². The van der Waals surface area contributed by atoms with Crippen molar-refractivity contribution < 1.29 is 5.11 Å². The molecule has 2 rings (SSSR count). The van der Waals surface area contributed by atoms with Gasteiger partial charge in [0.2, 0.25) is 0 Å². The van der Waals surface area contributed by atoms with E-state index in [0.29, 0.717) is 12.3 Å². The third kappa shape index (κ3) is 2.37. The fourth-order valence-corrected chi connectivity index (χ4v) is 4.41. The zero-order valence-electron chi connectivity index (χ0n) is 10.8. The molecule has 96 valence electrons. The number of rotatable bonds is 3. The first-order valence-electron chi connectivity index (χ1n) is 5.86. The van der Waals surface area contributed by atoms with Crippen LogP contribution in [0.4, 0.5) is 0 Å². The van der Waals surface area contributed by atoms with Crippen molar-refractivity contribution in [3.05, 3.63) is 54.1 Å². The predicted molar refractivity (Wildman–Crippen MR) is 78.4 cm³/mol. The summed E-state index contributed by atoms with van der Waals surface area (Å²) in [5, 5.41) is 9.64. The van der Waals surface area contributed by atoms with Gasteiger partial charge >= 0.3 is 0 Å². The minimum Gasteiger partial charge on any atom is -0.508 e. The smallest absolute Gasteiger partial charge is 0.116 e. The van der Waals surface area contributed by atoms with Crippen molar-refractivity contribution in [1.82, 2.24) is 0 Å². The Morgan fingerprint density at radius 3 is 2.44 bits per heavy atom. The highest BCUT2D eigenvalue weighted by atomic mass is 32.3. The quantitative estimate of drug-likeness (QED) is 0.890. The number of benzene rings is 2. The lowest BCUT2D eigenvalue weighted by molar-refractivity contribution is 0.474. The summed E-state index contributed by atoms with van der Waals surface area (Å²) in [4.78, 5) is 2.46. The van der Waals surface area contributed by atoms with Gasteiger partial charge in [0.05, 0.1) is 0 Å². The van der Waals surface area contributed by atoms with E-state index < -0.39 is 10.0 Å². The molecule has 0 spiro atoms. The van der Waals surface area contributed by atoms with Crippen LogP contribution in [0, 0.1) is 0 Å². The Labute approximate surface area is 110 Å². The zero-order chi connectivity index (χ0) is 13.2. The SMILES string of the molecule is CS(C)(c1cccc(O)c1)c1ccccc1CN. The van der Waals surface area contributed by atoms with E-state index in [1.165, 1.54) is 15.4 Å². The van der Waals surface area contributed by atoms with Crippen LogP contribution in [-0.4, -0.2) is 17.6 Å². The second-order valence-corrected chi connectivity index (χ2v) is 8.20. The largest absolute Gasteiger partial charge is 0.508 e. The summed E-state index contributed by atoms with van der Waals surface area (Å²) in [6.45, 7) is 0.547. The lowest BCUT2D eigenvalue weighted by Gasteiger charge is -2.34. The van der Waals surface area contributed by atoms with Gasteiger partial charge in [-0.15, -0.1) is 0 Å². The Hall–Kier alpha value is -1.45. The molecule has 0 fully saturated rings. The lowest BCUT2D eigenvalue weighted by atomic mass is 10.2. The van der Waals surface area contributed by atoms with E-state index in [9.17, 15) is 5.11 Å². The van der Waals surface area contributed by atoms with Crippen LogP contribution in [0.25, 0.3) is 0 Å². The summed E-state index contributed by atoms with van der Waals surface area (Å²) in [7, 11) is -1.14. The molecule has 0 saturated carbocycles. The summed E-state index contributed by atoms with van der Waals surface area (Å²) in [5.41, 5.74) is 7.00. The Kier molecular flexibility index (Phi) is 3.64. The number of hydrogen-bond acceptors (Lipinski definition) is 2. The van der Waals surface area contributed by atoms with Crippen molar-refractivity contribution in [2.75, 3.05) is 12.5 Å². The van der Waals surface area contributed by atoms with E-state index in [0.717, 1.165) is 0 Å². The van der Waals surface area contributed by atoms with Gasteiger partial charge in [-0.05, 0) is 52.1 Å². The summed E-state index contributed by atoms with van der Waals surface area (Å²) < 4.78 is 0. The molecule has 2 nitrogen and oxygen atoms in total. The molecule has 0 aromatic heterocycles. The lowest BCUT2D eigenvalue weighted by Crippen LogP contribution is -2.05. The summed E-state index contributed by atoms with van der Waals surface area (Å²) in [6, 6.07) is 15.8. The minimum atomic E-state index is -1.14. The molecule has 0 amide bonds. The fraction of sp³-hybridized carbons (Fsp3) is 0.200. The molecule has 0 saturated heterocycles. The van der Waals surface area contributed by atoms with E-state index in [2.05, 4.69) is 30.7 Å². The predicted octanol–water partition coefficient (Wildman–Crippen LogP) is 3.33. The molecule has 2 aromatic carbocycles. The molecule has 0 heterocycles. The highest BCUT2D eigenvalue weighted by Crippen LogP contribution is 2.57. The standard InChI is InChI=1S/C15H19NOS/c1-18(2,14-8-5-7-13(17)10-14)15-9-4-3-6-12(15)11-16/h3-10,17H,11,16H2,1-2H3. The highest BCUT2D eigenvalue weighted by molar-refractivity contribution is 8.32. The number of phenolic OH excluding ortho intramolecular Hbond substituents is 1. The molecule has 0 bridgehead atoms. The van der Waals surface area contributed by atoms with E-state index in [4.69, 9.17) is 5.73 Å². The third-order valence-corrected chi connectivity index (χ3v) is 6.08. The van der Waals surface area contributed by atoms with E-state index in [1.807, 2.05) is 24.3 Å². The number of phenols is 1. The Morgan fingerprint density at radius 1 is 1.06 bits per heavy atom. The maximum atomic E-state index is 9.64. The van der Waals surface area contributed by atoms with E-state index in [-0.39, 0.29) is 0 Å². The van der Waals surface area contributed by atoms with Gasteiger partial charge in [0.1, 0.15) is 5.75 Å². The molecule has 0 aliphatic carbocycles. The second-order valence-electron chi connectivity index (χ2n) is 4.64. The maximum absolute atomic E-state index is 9.64. The molecule has 0 radical (unpaired) electrons. The molecular formula is C15H19NOS. The number of nitrogens with two attached hydrogens (primary N) is 1. The van der Waals surface area contributed by atoms with Crippen LogP contribution in [0.15, 0.2) is 58.3 Å². The topological polar surface area (TPSA) is 46.2 Å². The van der Waals surface area contributed by atoms with E-state index >= 15 is 0 Å². The van der Waals surface area contributed by atoms with Crippen molar-refractivity contribution in [3.8, 4) is 5.75 Å². The van der Waals surface area contributed by atoms with Crippen LogP contribution in [0.5, 0.6) is 5.75 Å². The van der Waals surface area contributed by atoms with Crippen molar-refractivity contribution in [3.63, 3.8) is 0 Å². The van der Waals surface area contributed by atoms with Gasteiger partial charge in [0.15, 0.2) is 0 Å². The molecule has 2 aromatic rings. The van der Waals surface area contributed by atoms with Gasteiger partial charge in [0, 0.05) is 6.54 Å². The van der Waals surface area contributed by atoms with Gasteiger partial charge in [-0.2, -0.15) is 10.0 Å². The number of hydrogen-bond donors (Lipinski definition) is 2. The van der Waals surface area contributed by atoms with Crippen molar-refractivity contribution in [2.45, 2.75) is 16.3 Å². The van der Waals surface area contributed by atoms with E-state index in [1.54, 1.807) is 6.07 Å². The minimum absolute atomic E-state index is 0.318. The first-order chi connectivity index (χ1) is 8.55. The van der Waals surface area contributed by atoms with Crippen LogP contribution in [0.1, 0.15) is 5.56 Å². The summed E-state index contributed by atoms with van der Waals surface area (Å²) >= 11 is 0. The molecular weight excluding hydrogens is 242 g/mol. The molecule has 18 heavy (non-hydrogen) atoms. The van der Waals surface area contributed by atoms with Crippen molar-refractivity contribution >= 4 is 10.0 Å². The Balaban J connectivity index is 2.54. The molecule has 3 N–H and O–H groups in total. The van der Waals surface area contributed by atoms with Crippen molar-refractivity contribution in [1.29, 1.82) is 0 Å². The van der Waals surface area contributed by atoms with Crippen LogP contribution < -0.4 is 5.73 Å². The number of aromatic hydroxyl groups is 1. The van der Waals surface area contributed by atoms with Crippen LogP contribution in [-0.2, 0) is 6.54 Å². The fourth-order valence-electron chi connectivity index (χ4n) is 2.10. The molecule has 0 aliphatic rings. The Morgan fingerprint density at radius 2 is 1.78 bits per heavy atom. The maximum Gasteiger partial charge on any atom is 0.116 e. The van der Waals surface area contributed by atoms with Gasteiger partial charge in [-0.1, -0.05) is 24.3 Å². The highest BCUT2D eigenvalue weighted by Gasteiger charge is 2.20. The first kappa shape index (κ1) is 13.0. The van der Waals surface area contributed by atoms with Gasteiger partial charge in [-0.3, -0.25) is 0 Å². The normalized spacial score (nSPS) is 12.4. The zero-order valence-corrected chi connectivity index (χ0v) is 11.6. The van der Waals surface area contributed by atoms with Crippen LogP contribution >= 0.6 is 10.0 Å². The summed E-state index contributed by atoms with van der Waals surface area (Å²) in [6.07, 6.45) is 4.46. The summed E-state index contributed by atoms with van der Waals surface area (Å²) in [5.74, 6) is 0.318. The molecule has 0 aliphatic heterocycles. The monoisotopic (exact) mass is 261 g/mol. The Bertz CT molecular complexity index is 552. The van der Waals surface area contributed by atoms with Crippen molar-refractivity contribution in [2.24, 2.45) is 5.73 Å². The molecule has 0 atom stereocenters. The average Bonchev–Trinajstić information content (AvgIpc) is 2.38. The van der Waals surface area contributed by atoms with Crippen LogP contribution in [0.2, 0.25) is 0 Å². The van der Waals surface area contributed by atoms with Gasteiger partial charge in [0.25, 0.3) is 0 Å². The average molecular weight is 261 g/mol. The third-order valence-electron chi connectivity index (χ3n) is 3.15. The molecule has 3 heteroatoms. The second kappa shape index (κ2) is 5.04. The van der Waals surface area contributed by atoms with Gasteiger partial charge < -0.3 is 10.8 Å². The molecule has 0 unspecified atom stereocenters. The first-order valence-corrected chi connectivity index (χ1v) is 8.31.